The molecule has 1 aliphatic rings. The lowest BCUT2D eigenvalue weighted by molar-refractivity contribution is -0.114. The van der Waals surface area contributed by atoms with Gasteiger partial charge in [0, 0.05) is 12.6 Å². The first kappa shape index (κ1) is 16.0. The SMILES string of the molecule is CC(=O)Nc1ccc(N2C(=O)S/C(=C\c3ccccc3)C2=O)cc1. The molecule has 1 fully saturated rings. The van der Waals surface area contributed by atoms with Crippen LogP contribution in [-0.2, 0) is 9.59 Å². The van der Waals surface area contributed by atoms with Crippen molar-refractivity contribution in [2.24, 2.45) is 0 Å². The Morgan fingerprint density at radius 3 is 2.33 bits per heavy atom. The number of imide groups is 1. The van der Waals surface area contributed by atoms with Crippen molar-refractivity contribution in [3.05, 3.63) is 65.1 Å². The molecule has 1 aliphatic heterocycles. The number of nitrogens with one attached hydrogen (secondary N) is 1. The van der Waals surface area contributed by atoms with E-state index in [4.69, 9.17) is 0 Å². The number of nitrogens with zero attached hydrogens (tertiary/aromatic N) is 1. The summed E-state index contributed by atoms with van der Waals surface area (Å²) in [6, 6.07) is 15.9. The van der Waals surface area contributed by atoms with Crippen LogP contribution < -0.4 is 10.2 Å². The monoisotopic (exact) mass is 338 g/mol. The van der Waals surface area contributed by atoms with E-state index in [1.54, 1.807) is 30.3 Å². The Morgan fingerprint density at radius 1 is 1.04 bits per heavy atom. The van der Waals surface area contributed by atoms with Gasteiger partial charge in [-0.1, -0.05) is 30.3 Å². The topological polar surface area (TPSA) is 66.5 Å². The van der Waals surface area contributed by atoms with E-state index in [0.29, 0.717) is 16.3 Å². The Hall–Kier alpha value is -2.86. The minimum atomic E-state index is -0.346. The van der Waals surface area contributed by atoms with E-state index in [0.717, 1.165) is 22.2 Å². The molecule has 0 atom stereocenters. The summed E-state index contributed by atoms with van der Waals surface area (Å²) < 4.78 is 0. The molecule has 1 heterocycles. The van der Waals surface area contributed by atoms with E-state index >= 15 is 0 Å². The molecular formula is C18H14N2O3S. The highest BCUT2D eigenvalue weighted by atomic mass is 32.2. The van der Waals surface area contributed by atoms with Crippen molar-refractivity contribution in [1.82, 2.24) is 0 Å². The highest BCUT2D eigenvalue weighted by Crippen LogP contribution is 2.36. The van der Waals surface area contributed by atoms with Gasteiger partial charge in [-0.05, 0) is 47.7 Å². The largest absolute Gasteiger partial charge is 0.326 e. The molecule has 3 rings (SSSR count). The van der Waals surface area contributed by atoms with Crippen LogP contribution in [0, 0.1) is 0 Å². The summed E-state index contributed by atoms with van der Waals surface area (Å²) in [6.45, 7) is 1.42. The molecule has 0 aliphatic carbocycles. The summed E-state index contributed by atoms with van der Waals surface area (Å²) in [5, 5.41) is 2.30. The van der Waals surface area contributed by atoms with Crippen LogP contribution in [0.15, 0.2) is 59.5 Å². The molecule has 1 saturated heterocycles. The van der Waals surface area contributed by atoms with Crippen molar-refractivity contribution in [1.29, 1.82) is 0 Å². The number of amides is 3. The average Bonchev–Trinajstić information content (AvgIpc) is 2.83. The molecule has 0 bridgehead atoms. The van der Waals surface area contributed by atoms with Gasteiger partial charge >= 0.3 is 0 Å². The molecule has 0 radical (unpaired) electrons. The molecule has 120 valence electrons. The lowest BCUT2D eigenvalue weighted by Gasteiger charge is -2.13. The lowest BCUT2D eigenvalue weighted by Crippen LogP contribution is -2.27. The Bertz CT molecular complexity index is 829. The van der Waals surface area contributed by atoms with Crippen LogP contribution in [0.2, 0.25) is 0 Å². The van der Waals surface area contributed by atoms with Crippen molar-refractivity contribution in [2.75, 3.05) is 10.2 Å². The number of rotatable bonds is 3. The second-order valence-corrected chi connectivity index (χ2v) is 6.15. The summed E-state index contributed by atoms with van der Waals surface area (Å²) in [5.74, 6) is -0.527. The lowest BCUT2D eigenvalue weighted by atomic mass is 10.2. The second kappa shape index (κ2) is 6.72. The van der Waals surface area contributed by atoms with Crippen molar-refractivity contribution in [2.45, 2.75) is 6.92 Å². The fraction of sp³-hybridized carbons (Fsp3) is 0.0556. The molecule has 0 spiro atoms. The summed E-state index contributed by atoms with van der Waals surface area (Å²) >= 11 is 0.915. The van der Waals surface area contributed by atoms with Crippen LogP contribution in [0.3, 0.4) is 0 Å². The molecule has 2 aromatic carbocycles. The molecule has 0 aromatic heterocycles. The average molecular weight is 338 g/mol. The molecule has 0 unspecified atom stereocenters. The molecule has 0 saturated carbocycles. The first-order valence-corrected chi connectivity index (χ1v) is 8.07. The summed E-state index contributed by atoms with van der Waals surface area (Å²) in [6.07, 6.45) is 1.70. The van der Waals surface area contributed by atoms with Gasteiger partial charge < -0.3 is 5.32 Å². The van der Waals surface area contributed by atoms with Gasteiger partial charge in [0.25, 0.3) is 11.1 Å². The van der Waals surface area contributed by atoms with E-state index in [1.807, 2.05) is 30.3 Å². The number of thioether (sulfide) groups is 1. The van der Waals surface area contributed by atoms with Gasteiger partial charge in [-0.2, -0.15) is 0 Å². The van der Waals surface area contributed by atoms with Gasteiger partial charge in [0.15, 0.2) is 0 Å². The summed E-state index contributed by atoms with van der Waals surface area (Å²) in [4.78, 5) is 37.3. The number of carbonyl (C=O) groups excluding carboxylic acids is 3. The maximum atomic E-state index is 12.5. The molecule has 6 heteroatoms. The zero-order valence-corrected chi connectivity index (χ0v) is 13.7. The van der Waals surface area contributed by atoms with Gasteiger partial charge in [0.1, 0.15) is 0 Å². The number of carbonyl (C=O) groups is 3. The van der Waals surface area contributed by atoms with E-state index in [-0.39, 0.29) is 17.1 Å². The van der Waals surface area contributed by atoms with Crippen molar-refractivity contribution in [3.63, 3.8) is 0 Å². The summed E-state index contributed by atoms with van der Waals surface area (Å²) in [7, 11) is 0. The van der Waals surface area contributed by atoms with E-state index in [9.17, 15) is 14.4 Å². The third-order valence-electron chi connectivity index (χ3n) is 3.34. The van der Waals surface area contributed by atoms with Gasteiger partial charge in [-0.25, -0.2) is 4.90 Å². The highest BCUT2D eigenvalue weighted by Gasteiger charge is 2.36. The van der Waals surface area contributed by atoms with Crippen LogP contribution in [-0.4, -0.2) is 17.1 Å². The number of hydrogen-bond donors (Lipinski definition) is 1. The van der Waals surface area contributed by atoms with Gasteiger partial charge in [0.2, 0.25) is 5.91 Å². The van der Waals surface area contributed by atoms with E-state index in [1.165, 1.54) is 6.92 Å². The first-order chi connectivity index (χ1) is 11.5. The first-order valence-electron chi connectivity index (χ1n) is 7.25. The van der Waals surface area contributed by atoms with Crippen LogP contribution in [0.4, 0.5) is 16.2 Å². The zero-order chi connectivity index (χ0) is 17.1. The second-order valence-electron chi connectivity index (χ2n) is 5.16. The fourth-order valence-corrected chi connectivity index (χ4v) is 3.13. The minimum Gasteiger partial charge on any atom is -0.326 e. The van der Waals surface area contributed by atoms with E-state index < -0.39 is 0 Å². The van der Waals surface area contributed by atoms with Gasteiger partial charge in [-0.15, -0.1) is 0 Å². The van der Waals surface area contributed by atoms with Gasteiger partial charge in [-0.3, -0.25) is 14.4 Å². The number of benzene rings is 2. The van der Waals surface area contributed by atoms with Crippen LogP contribution >= 0.6 is 11.8 Å². The maximum Gasteiger partial charge on any atom is 0.298 e. The molecule has 1 N–H and O–H groups in total. The number of hydrogen-bond acceptors (Lipinski definition) is 4. The highest BCUT2D eigenvalue weighted by molar-refractivity contribution is 8.19. The molecule has 2 aromatic rings. The zero-order valence-electron chi connectivity index (χ0n) is 12.9. The van der Waals surface area contributed by atoms with Crippen LogP contribution in [0.25, 0.3) is 6.08 Å². The minimum absolute atomic E-state index is 0.181. The molecule has 24 heavy (non-hydrogen) atoms. The maximum absolute atomic E-state index is 12.5. The molecule has 5 nitrogen and oxygen atoms in total. The third kappa shape index (κ3) is 3.38. The molecular weight excluding hydrogens is 324 g/mol. The molecule has 3 amide bonds. The Balaban J connectivity index is 1.84. The fourth-order valence-electron chi connectivity index (χ4n) is 2.29. The predicted octanol–water partition coefficient (Wildman–Crippen LogP) is 3.89. The van der Waals surface area contributed by atoms with Crippen LogP contribution in [0.1, 0.15) is 12.5 Å². The van der Waals surface area contributed by atoms with Crippen molar-refractivity contribution in [3.8, 4) is 0 Å². The van der Waals surface area contributed by atoms with Gasteiger partial charge in [0.05, 0.1) is 10.6 Å². The predicted molar refractivity (Wildman–Crippen MR) is 95.6 cm³/mol. The number of anilines is 2. The quantitative estimate of drug-likeness (QED) is 0.862. The van der Waals surface area contributed by atoms with Crippen LogP contribution in [0.5, 0.6) is 0 Å². The third-order valence-corrected chi connectivity index (χ3v) is 4.21. The normalized spacial score (nSPS) is 15.9. The van der Waals surface area contributed by atoms with E-state index in [2.05, 4.69) is 5.32 Å². The summed E-state index contributed by atoms with van der Waals surface area (Å²) in [5.41, 5.74) is 1.95. The Morgan fingerprint density at radius 2 is 1.71 bits per heavy atom. The Kier molecular flexibility index (Phi) is 4.48. The van der Waals surface area contributed by atoms with Crippen molar-refractivity contribution >= 4 is 46.3 Å². The Labute approximate surface area is 143 Å². The standard InChI is InChI=1S/C18H14N2O3S/c1-12(21)19-14-7-9-15(10-8-14)20-17(22)16(24-18(20)23)11-13-5-3-2-4-6-13/h2-11H,1H3,(H,19,21)/b16-11-. The smallest absolute Gasteiger partial charge is 0.298 e. The van der Waals surface area contributed by atoms with Crippen molar-refractivity contribution < 1.29 is 14.4 Å².